The van der Waals surface area contributed by atoms with Crippen molar-refractivity contribution in [1.29, 1.82) is 0 Å². The zero-order valence-corrected chi connectivity index (χ0v) is 6.40. The van der Waals surface area contributed by atoms with Crippen molar-refractivity contribution in [2.45, 2.75) is 12.8 Å². The molecular weight excluding hydrogens is 152 g/mol. The lowest BCUT2D eigenvalue weighted by atomic mass is 10.3. The Kier molecular flexibility index (Phi) is 4.98. The number of aryl methyl sites for hydroxylation is 1. The van der Waals surface area contributed by atoms with Gasteiger partial charge in [0.2, 0.25) is 0 Å². The molecule has 0 aliphatic carbocycles. The summed E-state index contributed by atoms with van der Waals surface area (Å²) < 4.78 is 0. The standard InChI is InChI=1S/C6H10N2O.ClH/c9-5-1-2-6-7-3-4-8-6;/h3-4,9H,1-2,5H2,(H,7,8);1H. The molecule has 3 nitrogen and oxygen atoms in total. The van der Waals surface area contributed by atoms with Gasteiger partial charge in [0.05, 0.1) is 0 Å². The lowest BCUT2D eigenvalue weighted by Gasteiger charge is -1.89. The van der Waals surface area contributed by atoms with Crippen molar-refractivity contribution in [2.24, 2.45) is 0 Å². The van der Waals surface area contributed by atoms with Gasteiger partial charge in [0.25, 0.3) is 0 Å². The quantitative estimate of drug-likeness (QED) is 0.690. The fourth-order valence-corrected chi connectivity index (χ4v) is 0.681. The maximum Gasteiger partial charge on any atom is 0.106 e. The molecule has 0 bridgehead atoms. The Balaban J connectivity index is 0.000000810. The van der Waals surface area contributed by atoms with Crippen molar-refractivity contribution in [2.75, 3.05) is 6.61 Å². The van der Waals surface area contributed by atoms with E-state index in [1.807, 2.05) is 0 Å². The van der Waals surface area contributed by atoms with Gasteiger partial charge in [0.1, 0.15) is 5.82 Å². The van der Waals surface area contributed by atoms with Gasteiger partial charge in [-0.05, 0) is 6.42 Å². The molecule has 1 rings (SSSR count). The molecule has 0 saturated carbocycles. The van der Waals surface area contributed by atoms with Gasteiger partial charge in [-0.3, -0.25) is 0 Å². The molecule has 0 saturated heterocycles. The number of halogens is 1. The molecule has 0 fully saturated rings. The van der Waals surface area contributed by atoms with Crippen LogP contribution in [0, 0.1) is 0 Å². The number of aromatic amines is 1. The molecule has 1 aromatic rings. The Morgan fingerprint density at radius 1 is 1.60 bits per heavy atom. The maximum atomic E-state index is 8.42. The van der Waals surface area contributed by atoms with Crippen molar-refractivity contribution in [1.82, 2.24) is 9.97 Å². The molecule has 10 heavy (non-hydrogen) atoms. The van der Waals surface area contributed by atoms with Crippen molar-refractivity contribution in [3.8, 4) is 0 Å². The van der Waals surface area contributed by atoms with Crippen LogP contribution in [0.2, 0.25) is 0 Å². The van der Waals surface area contributed by atoms with E-state index < -0.39 is 0 Å². The summed E-state index contributed by atoms with van der Waals surface area (Å²) in [6, 6.07) is 0. The Labute approximate surface area is 65.9 Å². The van der Waals surface area contributed by atoms with Crippen LogP contribution in [0.5, 0.6) is 0 Å². The number of nitrogens with zero attached hydrogens (tertiary/aromatic N) is 1. The molecule has 0 radical (unpaired) electrons. The van der Waals surface area contributed by atoms with Gasteiger partial charge in [-0.1, -0.05) is 0 Å². The number of aliphatic hydroxyl groups excluding tert-OH is 1. The average molecular weight is 163 g/mol. The Bertz CT molecular complexity index is 153. The number of hydrogen-bond acceptors (Lipinski definition) is 2. The van der Waals surface area contributed by atoms with Gasteiger partial charge in [0.15, 0.2) is 0 Å². The van der Waals surface area contributed by atoms with Crippen LogP contribution < -0.4 is 0 Å². The second-order valence-corrected chi connectivity index (χ2v) is 1.86. The summed E-state index contributed by atoms with van der Waals surface area (Å²) in [7, 11) is 0. The molecule has 0 aliphatic heterocycles. The van der Waals surface area contributed by atoms with E-state index in [1.165, 1.54) is 0 Å². The first kappa shape index (κ1) is 9.46. The second kappa shape index (κ2) is 5.26. The van der Waals surface area contributed by atoms with Crippen LogP contribution in [0.3, 0.4) is 0 Å². The van der Waals surface area contributed by atoms with E-state index in [-0.39, 0.29) is 19.0 Å². The summed E-state index contributed by atoms with van der Waals surface area (Å²) in [6.07, 6.45) is 5.12. The summed E-state index contributed by atoms with van der Waals surface area (Å²) in [6.45, 7) is 0.237. The van der Waals surface area contributed by atoms with E-state index in [0.717, 1.165) is 18.7 Å². The van der Waals surface area contributed by atoms with Crippen molar-refractivity contribution >= 4 is 12.4 Å². The summed E-state index contributed by atoms with van der Waals surface area (Å²) >= 11 is 0. The zero-order valence-electron chi connectivity index (χ0n) is 5.58. The van der Waals surface area contributed by atoms with Gasteiger partial charge in [-0.2, -0.15) is 0 Å². The second-order valence-electron chi connectivity index (χ2n) is 1.86. The smallest absolute Gasteiger partial charge is 0.106 e. The molecule has 1 aromatic heterocycles. The van der Waals surface area contributed by atoms with Gasteiger partial charge >= 0.3 is 0 Å². The minimum atomic E-state index is 0. The zero-order chi connectivity index (χ0) is 6.53. The van der Waals surface area contributed by atoms with E-state index in [9.17, 15) is 0 Å². The van der Waals surface area contributed by atoms with E-state index in [0.29, 0.717) is 0 Å². The lowest BCUT2D eigenvalue weighted by molar-refractivity contribution is 0.287. The van der Waals surface area contributed by atoms with Crippen LogP contribution in [0.1, 0.15) is 12.2 Å². The average Bonchev–Trinajstić information content (AvgIpc) is 2.34. The fraction of sp³-hybridized carbons (Fsp3) is 0.500. The maximum absolute atomic E-state index is 8.42. The Morgan fingerprint density at radius 2 is 2.40 bits per heavy atom. The monoisotopic (exact) mass is 162 g/mol. The molecule has 0 spiro atoms. The van der Waals surface area contributed by atoms with Crippen LogP contribution in [-0.4, -0.2) is 21.7 Å². The molecule has 0 atom stereocenters. The van der Waals surface area contributed by atoms with E-state index in [2.05, 4.69) is 9.97 Å². The highest BCUT2D eigenvalue weighted by Gasteiger charge is 1.90. The van der Waals surface area contributed by atoms with E-state index >= 15 is 0 Å². The molecular formula is C6H11ClN2O. The van der Waals surface area contributed by atoms with Crippen LogP contribution in [0.25, 0.3) is 0 Å². The molecule has 1 heterocycles. The highest BCUT2D eigenvalue weighted by Crippen LogP contribution is 1.92. The van der Waals surface area contributed by atoms with Gasteiger partial charge < -0.3 is 10.1 Å². The number of imidazole rings is 1. The highest BCUT2D eigenvalue weighted by atomic mass is 35.5. The first-order chi connectivity index (χ1) is 4.43. The number of aromatic nitrogens is 2. The predicted octanol–water partition coefficient (Wildman–Crippen LogP) is 0.756. The number of hydrogen-bond donors (Lipinski definition) is 2. The van der Waals surface area contributed by atoms with E-state index in [1.54, 1.807) is 12.4 Å². The Morgan fingerprint density at radius 3 is 2.90 bits per heavy atom. The Hall–Kier alpha value is -0.540. The summed E-state index contributed by atoms with van der Waals surface area (Å²) in [5, 5.41) is 8.42. The number of rotatable bonds is 3. The first-order valence-corrected chi connectivity index (χ1v) is 3.02. The topological polar surface area (TPSA) is 48.9 Å². The van der Waals surface area contributed by atoms with Gasteiger partial charge in [-0.15, -0.1) is 12.4 Å². The van der Waals surface area contributed by atoms with Crippen molar-refractivity contribution in [3.63, 3.8) is 0 Å². The van der Waals surface area contributed by atoms with Gasteiger partial charge in [-0.25, -0.2) is 4.98 Å². The third-order valence-corrected chi connectivity index (χ3v) is 1.13. The van der Waals surface area contributed by atoms with E-state index in [4.69, 9.17) is 5.11 Å². The van der Waals surface area contributed by atoms with Crippen LogP contribution in [-0.2, 0) is 6.42 Å². The molecule has 0 unspecified atom stereocenters. The van der Waals surface area contributed by atoms with Crippen molar-refractivity contribution in [3.05, 3.63) is 18.2 Å². The third kappa shape index (κ3) is 2.85. The number of aliphatic hydroxyl groups is 1. The van der Waals surface area contributed by atoms with Crippen LogP contribution in [0.4, 0.5) is 0 Å². The summed E-state index contributed by atoms with van der Waals surface area (Å²) in [5.74, 6) is 0.948. The molecule has 58 valence electrons. The SMILES string of the molecule is Cl.OCCCc1ncc[nH]1. The minimum absolute atomic E-state index is 0. The molecule has 0 aromatic carbocycles. The number of nitrogens with one attached hydrogen (secondary N) is 1. The highest BCUT2D eigenvalue weighted by molar-refractivity contribution is 5.85. The normalized spacial score (nSPS) is 8.90. The minimum Gasteiger partial charge on any atom is -0.396 e. The largest absolute Gasteiger partial charge is 0.396 e. The molecule has 0 amide bonds. The molecule has 2 N–H and O–H groups in total. The lowest BCUT2D eigenvalue weighted by Crippen LogP contribution is -1.90. The summed E-state index contributed by atoms with van der Waals surface area (Å²) in [5.41, 5.74) is 0. The summed E-state index contributed by atoms with van der Waals surface area (Å²) in [4.78, 5) is 6.94. The molecule has 0 aliphatic rings. The first-order valence-electron chi connectivity index (χ1n) is 3.02. The molecule has 4 heteroatoms. The number of H-pyrrole nitrogens is 1. The third-order valence-electron chi connectivity index (χ3n) is 1.13. The van der Waals surface area contributed by atoms with Crippen LogP contribution >= 0.6 is 12.4 Å². The predicted molar refractivity (Wildman–Crippen MR) is 41.2 cm³/mol. The van der Waals surface area contributed by atoms with Crippen LogP contribution in [0.15, 0.2) is 12.4 Å². The fourth-order valence-electron chi connectivity index (χ4n) is 0.681. The van der Waals surface area contributed by atoms with Crippen molar-refractivity contribution < 1.29 is 5.11 Å². The van der Waals surface area contributed by atoms with Gasteiger partial charge in [0, 0.05) is 25.4 Å².